The number of rotatable bonds is 2. The van der Waals surface area contributed by atoms with Crippen LogP contribution in [0.1, 0.15) is 17.5 Å². The summed E-state index contributed by atoms with van der Waals surface area (Å²) in [7, 11) is 0. The lowest BCUT2D eigenvalue weighted by Crippen LogP contribution is -2.08. The van der Waals surface area contributed by atoms with Crippen LogP contribution in [0.4, 0.5) is 0 Å². The lowest BCUT2D eigenvalue weighted by molar-refractivity contribution is 1.20. The first kappa shape index (κ1) is 9.76. The molecule has 0 aliphatic rings. The number of H-pyrrole nitrogens is 1. The minimum atomic E-state index is -0.398. The van der Waals surface area contributed by atoms with Crippen molar-refractivity contribution in [1.29, 1.82) is 10.5 Å². The van der Waals surface area contributed by atoms with E-state index in [4.69, 9.17) is 10.5 Å². The Balaban J connectivity index is 2.98. The minimum Gasteiger partial charge on any atom is -0.327 e. The molecule has 0 aromatic carbocycles. The third-order valence-corrected chi connectivity index (χ3v) is 1.57. The molecule has 1 N–H and O–H groups in total. The van der Waals surface area contributed by atoms with Gasteiger partial charge in [-0.25, -0.2) is 0 Å². The van der Waals surface area contributed by atoms with Gasteiger partial charge >= 0.3 is 0 Å². The predicted molar refractivity (Wildman–Crippen MR) is 51.0 cm³/mol. The molecule has 1 rings (SSSR count). The summed E-state index contributed by atoms with van der Waals surface area (Å²) in [6.07, 6.45) is 5.15. The largest absolute Gasteiger partial charge is 0.327 e. The van der Waals surface area contributed by atoms with Crippen LogP contribution in [0.3, 0.4) is 0 Å². The van der Waals surface area contributed by atoms with Gasteiger partial charge in [-0.3, -0.25) is 4.79 Å². The van der Waals surface area contributed by atoms with Crippen molar-refractivity contribution in [3.63, 3.8) is 0 Å². The first-order valence-corrected chi connectivity index (χ1v) is 3.94. The van der Waals surface area contributed by atoms with E-state index in [1.807, 2.05) is 6.07 Å². The van der Waals surface area contributed by atoms with Crippen molar-refractivity contribution in [2.75, 3.05) is 0 Å². The number of nitrogens with one attached hydrogen (secondary N) is 1. The maximum Gasteiger partial charge on any atom is 0.265 e. The van der Waals surface area contributed by atoms with Crippen LogP contribution in [0.5, 0.6) is 0 Å². The quantitative estimate of drug-likeness (QED) is 0.750. The number of aromatic amines is 1. The third-order valence-electron chi connectivity index (χ3n) is 1.57. The van der Waals surface area contributed by atoms with Gasteiger partial charge in [0, 0.05) is 6.20 Å². The SMILES string of the molecule is N#CCC=Cc1c[nH]c(=O)c(C#N)c1. The van der Waals surface area contributed by atoms with Crippen LogP contribution >= 0.6 is 0 Å². The second kappa shape index (κ2) is 4.64. The number of hydrogen-bond donors (Lipinski definition) is 1. The van der Waals surface area contributed by atoms with Crippen LogP contribution in [0.15, 0.2) is 23.1 Å². The van der Waals surface area contributed by atoms with E-state index in [9.17, 15) is 4.79 Å². The van der Waals surface area contributed by atoms with Crippen LogP contribution in [-0.4, -0.2) is 4.98 Å². The number of pyridine rings is 1. The van der Waals surface area contributed by atoms with Gasteiger partial charge in [-0.2, -0.15) is 10.5 Å². The molecule has 0 radical (unpaired) electrons. The van der Waals surface area contributed by atoms with Gasteiger partial charge in [0.25, 0.3) is 5.56 Å². The second-order valence-electron chi connectivity index (χ2n) is 2.55. The highest BCUT2D eigenvalue weighted by atomic mass is 16.1. The van der Waals surface area contributed by atoms with Crippen molar-refractivity contribution < 1.29 is 0 Å². The third kappa shape index (κ3) is 2.33. The molecule has 0 atom stereocenters. The van der Waals surface area contributed by atoms with Crippen LogP contribution < -0.4 is 5.56 Å². The zero-order valence-corrected chi connectivity index (χ0v) is 7.32. The Morgan fingerprint density at radius 3 is 2.93 bits per heavy atom. The van der Waals surface area contributed by atoms with E-state index < -0.39 is 5.56 Å². The van der Waals surface area contributed by atoms with Gasteiger partial charge in [0.2, 0.25) is 0 Å². The number of allylic oxidation sites excluding steroid dienone is 1. The summed E-state index contributed by atoms with van der Waals surface area (Å²) >= 11 is 0. The lowest BCUT2D eigenvalue weighted by Gasteiger charge is -1.92. The predicted octanol–water partition coefficient (Wildman–Crippen LogP) is 1.17. The number of aromatic nitrogens is 1. The average molecular weight is 185 g/mol. The summed E-state index contributed by atoms with van der Waals surface area (Å²) in [6.45, 7) is 0. The first-order valence-electron chi connectivity index (χ1n) is 3.94. The zero-order valence-electron chi connectivity index (χ0n) is 7.32. The van der Waals surface area contributed by atoms with Gasteiger partial charge < -0.3 is 4.98 Å². The molecule has 4 nitrogen and oxygen atoms in total. The van der Waals surface area contributed by atoms with Crippen LogP contribution in [0.2, 0.25) is 0 Å². The lowest BCUT2D eigenvalue weighted by atomic mass is 10.2. The molecule has 1 aromatic heterocycles. The van der Waals surface area contributed by atoms with Gasteiger partial charge in [0.05, 0.1) is 12.5 Å². The summed E-state index contributed by atoms with van der Waals surface area (Å²) in [6, 6.07) is 5.22. The molecule has 0 spiro atoms. The molecule has 0 aliphatic heterocycles. The molecule has 0 amide bonds. The normalized spacial score (nSPS) is 9.57. The van der Waals surface area contributed by atoms with Crippen molar-refractivity contribution in [2.45, 2.75) is 6.42 Å². The van der Waals surface area contributed by atoms with E-state index in [1.54, 1.807) is 18.2 Å². The minimum absolute atomic E-state index is 0.0732. The summed E-state index contributed by atoms with van der Waals surface area (Å²) in [5, 5.41) is 16.8. The Kier molecular flexibility index (Phi) is 3.23. The second-order valence-corrected chi connectivity index (χ2v) is 2.55. The Bertz CT molecular complexity index is 485. The van der Waals surface area contributed by atoms with Gasteiger partial charge in [0.15, 0.2) is 0 Å². The van der Waals surface area contributed by atoms with Crippen LogP contribution in [0, 0.1) is 22.7 Å². The van der Waals surface area contributed by atoms with Crippen molar-refractivity contribution in [1.82, 2.24) is 4.98 Å². The summed E-state index contributed by atoms with van der Waals surface area (Å²) < 4.78 is 0. The number of hydrogen-bond acceptors (Lipinski definition) is 3. The number of nitriles is 2. The fourth-order valence-electron chi connectivity index (χ4n) is 0.927. The zero-order chi connectivity index (χ0) is 10.4. The van der Waals surface area contributed by atoms with E-state index in [2.05, 4.69) is 4.98 Å². The maximum absolute atomic E-state index is 11.0. The summed E-state index contributed by atoms with van der Waals surface area (Å²) in [5.74, 6) is 0. The fourth-order valence-corrected chi connectivity index (χ4v) is 0.927. The molecule has 0 unspecified atom stereocenters. The van der Waals surface area contributed by atoms with E-state index >= 15 is 0 Å². The smallest absolute Gasteiger partial charge is 0.265 e. The van der Waals surface area contributed by atoms with Gasteiger partial charge in [-0.05, 0) is 11.6 Å². The standard InChI is InChI=1S/C10H7N3O/c11-4-2-1-3-8-5-9(6-12)10(14)13-7-8/h1,3,5,7H,2H2,(H,13,14). The van der Waals surface area contributed by atoms with Crippen LogP contribution in [0.25, 0.3) is 6.08 Å². The highest BCUT2D eigenvalue weighted by Gasteiger charge is 1.97. The molecule has 0 bridgehead atoms. The van der Waals surface area contributed by atoms with Gasteiger partial charge in [-0.1, -0.05) is 12.2 Å². The molecule has 68 valence electrons. The van der Waals surface area contributed by atoms with Crippen molar-refractivity contribution in [3.05, 3.63) is 39.8 Å². The van der Waals surface area contributed by atoms with Crippen LogP contribution in [-0.2, 0) is 0 Å². The highest BCUT2D eigenvalue weighted by Crippen LogP contribution is 2.00. The molecule has 0 saturated heterocycles. The molecular formula is C10H7N3O. The fraction of sp³-hybridized carbons (Fsp3) is 0.100. The molecule has 0 aliphatic carbocycles. The molecule has 1 heterocycles. The van der Waals surface area contributed by atoms with E-state index in [-0.39, 0.29) is 5.56 Å². The first-order chi connectivity index (χ1) is 6.77. The molecule has 0 fully saturated rings. The Labute approximate surface area is 80.7 Å². The van der Waals surface area contributed by atoms with Crippen molar-refractivity contribution in [3.8, 4) is 12.1 Å². The van der Waals surface area contributed by atoms with Gasteiger partial charge in [-0.15, -0.1) is 0 Å². The molecule has 14 heavy (non-hydrogen) atoms. The Morgan fingerprint density at radius 2 is 2.29 bits per heavy atom. The Hall–Kier alpha value is -2.33. The van der Waals surface area contributed by atoms with E-state index in [1.165, 1.54) is 12.3 Å². The molecule has 1 aromatic rings. The van der Waals surface area contributed by atoms with E-state index in [0.717, 1.165) is 0 Å². The monoisotopic (exact) mass is 185 g/mol. The molecule has 0 saturated carbocycles. The van der Waals surface area contributed by atoms with Gasteiger partial charge in [0.1, 0.15) is 11.6 Å². The average Bonchev–Trinajstić information content (AvgIpc) is 2.21. The topological polar surface area (TPSA) is 80.4 Å². The maximum atomic E-state index is 11.0. The molecular weight excluding hydrogens is 178 g/mol. The summed E-state index contributed by atoms with van der Waals surface area (Å²) in [5.41, 5.74) is 0.380. The van der Waals surface area contributed by atoms with E-state index in [0.29, 0.717) is 12.0 Å². The molecule has 4 heteroatoms. The summed E-state index contributed by atoms with van der Waals surface area (Å²) in [4.78, 5) is 13.4. The highest BCUT2D eigenvalue weighted by molar-refractivity contribution is 5.50. The number of nitrogens with zero attached hydrogens (tertiary/aromatic N) is 2. The van der Waals surface area contributed by atoms with Crippen molar-refractivity contribution >= 4 is 6.08 Å². The van der Waals surface area contributed by atoms with Crippen molar-refractivity contribution in [2.24, 2.45) is 0 Å². The Morgan fingerprint density at radius 1 is 1.50 bits per heavy atom.